The Morgan fingerprint density at radius 1 is 1.26 bits per heavy atom. The Bertz CT molecular complexity index is 858. The Balaban J connectivity index is 2.26. The van der Waals surface area contributed by atoms with Crippen molar-refractivity contribution in [1.82, 2.24) is 4.98 Å². The van der Waals surface area contributed by atoms with Crippen molar-refractivity contribution in [3.05, 3.63) is 50.4 Å². The Kier molecular flexibility index (Phi) is 10.1. The number of halogens is 1. The molecule has 0 radical (unpaired) electrons. The second-order valence-corrected chi connectivity index (χ2v) is 10.3. The SMILES string of the molecule is C/C(Br)=C\[C@@H]1Cc2nc(cs2)C(C)C[C@@H](N)CC(=O)O[C@@H](C)C/C(C)=C/C=C\C(=O)O1. The zero-order valence-corrected chi connectivity index (χ0v) is 20.9. The van der Waals surface area contributed by atoms with Crippen molar-refractivity contribution in [3.63, 3.8) is 0 Å². The molecule has 6 nitrogen and oxygen atoms in total. The molecule has 8 heteroatoms. The van der Waals surface area contributed by atoms with E-state index in [-0.39, 0.29) is 30.5 Å². The fourth-order valence-electron chi connectivity index (χ4n) is 3.40. The molecule has 0 saturated carbocycles. The number of rotatable bonds is 1. The highest BCUT2D eigenvalue weighted by molar-refractivity contribution is 9.11. The first-order valence-electron chi connectivity index (χ1n) is 10.4. The van der Waals surface area contributed by atoms with Gasteiger partial charge in [-0.2, -0.15) is 0 Å². The molecule has 0 aromatic carbocycles. The van der Waals surface area contributed by atoms with Gasteiger partial charge in [0.15, 0.2) is 0 Å². The van der Waals surface area contributed by atoms with Gasteiger partial charge >= 0.3 is 11.9 Å². The molecule has 4 atom stereocenters. The maximum absolute atomic E-state index is 12.3. The van der Waals surface area contributed by atoms with Gasteiger partial charge in [-0.15, -0.1) is 11.3 Å². The highest BCUT2D eigenvalue weighted by atomic mass is 79.9. The number of hydrogen-bond donors (Lipinski definition) is 1. The molecule has 1 aromatic heterocycles. The van der Waals surface area contributed by atoms with Crippen molar-refractivity contribution < 1.29 is 19.1 Å². The molecule has 2 N–H and O–H groups in total. The number of fused-ring (bicyclic) bond motifs is 2. The van der Waals surface area contributed by atoms with E-state index in [0.29, 0.717) is 19.3 Å². The van der Waals surface area contributed by atoms with Crippen LogP contribution >= 0.6 is 27.3 Å². The molecule has 1 aromatic rings. The molecule has 170 valence electrons. The summed E-state index contributed by atoms with van der Waals surface area (Å²) in [5.41, 5.74) is 8.13. The van der Waals surface area contributed by atoms with Crippen LogP contribution in [0.2, 0.25) is 0 Å². The summed E-state index contributed by atoms with van der Waals surface area (Å²) in [5.74, 6) is -0.613. The van der Waals surface area contributed by atoms with Gasteiger partial charge in [0.05, 0.1) is 17.1 Å². The number of carbonyl (C=O) groups is 2. The molecule has 0 fully saturated rings. The minimum absolute atomic E-state index is 0.106. The third-order valence-corrected chi connectivity index (χ3v) is 5.93. The molecule has 2 heterocycles. The number of esters is 2. The van der Waals surface area contributed by atoms with Crippen molar-refractivity contribution in [1.29, 1.82) is 0 Å². The number of ether oxygens (including phenoxy) is 2. The van der Waals surface area contributed by atoms with Gasteiger partial charge in [-0.1, -0.05) is 40.6 Å². The summed E-state index contributed by atoms with van der Waals surface area (Å²) in [5, 5.41) is 2.88. The Labute approximate surface area is 196 Å². The predicted molar refractivity (Wildman–Crippen MR) is 127 cm³/mol. The summed E-state index contributed by atoms with van der Waals surface area (Å²) in [6.45, 7) is 7.72. The molecule has 0 spiro atoms. The normalized spacial score (nSPS) is 30.1. The maximum atomic E-state index is 12.3. The van der Waals surface area contributed by atoms with Crippen molar-refractivity contribution in [2.24, 2.45) is 5.73 Å². The van der Waals surface area contributed by atoms with E-state index in [4.69, 9.17) is 20.2 Å². The van der Waals surface area contributed by atoms with E-state index in [1.54, 1.807) is 6.08 Å². The fraction of sp³-hybridized carbons (Fsp3) is 0.522. The molecular weight excluding hydrogens is 480 g/mol. The summed E-state index contributed by atoms with van der Waals surface area (Å²) < 4.78 is 12.0. The van der Waals surface area contributed by atoms with Crippen LogP contribution in [0.3, 0.4) is 0 Å². The minimum atomic E-state index is -0.425. The topological polar surface area (TPSA) is 91.5 Å². The van der Waals surface area contributed by atoms with Crippen LogP contribution in [0, 0.1) is 0 Å². The van der Waals surface area contributed by atoms with Crippen LogP contribution < -0.4 is 5.73 Å². The van der Waals surface area contributed by atoms with Gasteiger partial charge in [0.25, 0.3) is 0 Å². The van der Waals surface area contributed by atoms with Gasteiger partial charge in [0.1, 0.15) is 12.2 Å². The van der Waals surface area contributed by atoms with Crippen LogP contribution in [0.4, 0.5) is 0 Å². The molecular formula is C23H31BrN2O4S. The highest BCUT2D eigenvalue weighted by Crippen LogP contribution is 2.25. The Hall–Kier alpha value is -1.77. The summed E-state index contributed by atoms with van der Waals surface area (Å²) in [6.07, 6.45) is 7.91. The number of allylic oxidation sites excluding steroid dienone is 3. The largest absolute Gasteiger partial charge is 0.462 e. The molecule has 0 amide bonds. The lowest BCUT2D eigenvalue weighted by Crippen LogP contribution is -2.28. The first-order chi connectivity index (χ1) is 14.6. The van der Waals surface area contributed by atoms with E-state index in [2.05, 4.69) is 15.9 Å². The number of hydrogen-bond acceptors (Lipinski definition) is 7. The highest BCUT2D eigenvalue weighted by Gasteiger charge is 2.20. The van der Waals surface area contributed by atoms with E-state index in [1.807, 2.05) is 45.2 Å². The smallest absolute Gasteiger partial charge is 0.331 e. The lowest BCUT2D eigenvalue weighted by atomic mass is 9.98. The summed E-state index contributed by atoms with van der Waals surface area (Å²) in [6, 6.07) is -0.297. The first-order valence-corrected chi connectivity index (χ1v) is 12.1. The van der Waals surface area contributed by atoms with Crippen molar-refractivity contribution in [2.45, 2.75) is 77.5 Å². The van der Waals surface area contributed by atoms with Crippen LogP contribution in [0.25, 0.3) is 0 Å². The van der Waals surface area contributed by atoms with Crippen molar-refractivity contribution in [3.8, 4) is 0 Å². The number of aromatic nitrogens is 1. The standard InChI is InChI=1S/C23H31BrN2O4S/c1-14-6-5-7-22(27)30-19(10-16(3)24)12-21-26-20(13-31-21)15(2)9-18(25)11-23(28)29-17(4)8-14/h5-7,10,13,15,17-19H,8-9,11-12,25H2,1-4H3/b7-5-,14-6+,16-10+/t15?,17-,18+,19+/m0/s1. The van der Waals surface area contributed by atoms with Crippen molar-refractivity contribution >= 4 is 39.2 Å². The Morgan fingerprint density at radius 2 is 2.00 bits per heavy atom. The number of cyclic esters (lactones) is 2. The molecule has 1 unspecified atom stereocenters. The molecule has 2 bridgehead atoms. The van der Waals surface area contributed by atoms with Gasteiger partial charge in [0, 0.05) is 36.3 Å². The van der Waals surface area contributed by atoms with E-state index in [9.17, 15) is 9.59 Å². The quantitative estimate of drug-likeness (QED) is 0.537. The van der Waals surface area contributed by atoms with Crippen molar-refractivity contribution in [2.75, 3.05) is 0 Å². The minimum Gasteiger partial charge on any atom is -0.462 e. The van der Waals surface area contributed by atoms with Gasteiger partial charge in [-0.25, -0.2) is 9.78 Å². The monoisotopic (exact) mass is 510 g/mol. The van der Waals surface area contributed by atoms with Crippen LogP contribution in [-0.2, 0) is 25.5 Å². The van der Waals surface area contributed by atoms with Crippen LogP contribution in [-0.4, -0.2) is 35.2 Å². The van der Waals surface area contributed by atoms with E-state index >= 15 is 0 Å². The van der Waals surface area contributed by atoms with Crippen LogP contribution in [0.5, 0.6) is 0 Å². The molecule has 1 aliphatic heterocycles. The molecule has 31 heavy (non-hydrogen) atoms. The van der Waals surface area contributed by atoms with Crippen LogP contribution in [0.1, 0.15) is 63.6 Å². The lowest BCUT2D eigenvalue weighted by Gasteiger charge is -2.18. The van der Waals surface area contributed by atoms with Gasteiger partial charge in [0.2, 0.25) is 0 Å². The average Bonchev–Trinajstić information content (AvgIpc) is 3.08. The predicted octanol–water partition coefficient (Wildman–Crippen LogP) is 4.95. The molecule has 0 saturated heterocycles. The molecule has 1 aliphatic rings. The summed E-state index contributed by atoms with van der Waals surface area (Å²) in [4.78, 5) is 29.2. The fourth-order valence-corrected chi connectivity index (χ4v) is 4.65. The number of nitrogens with zero attached hydrogens (tertiary/aromatic N) is 1. The third kappa shape index (κ3) is 9.49. The van der Waals surface area contributed by atoms with Gasteiger partial charge in [-0.3, -0.25) is 4.79 Å². The second-order valence-electron chi connectivity index (χ2n) is 8.08. The summed E-state index contributed by atoms with van der Waals surface area (Å²) in [7, 11) is 0. The van der Waals surface area contributed by atoms with Gasteiger partial charge < -0.3 is 15.2 Å². The van der Waals surface area contributed by atoms with Gasteiger partial charge in [-0.05, 0) is 37.8 Å². The third-order valence-electron chi connectivity index (χ3n) is 4.77. The first kappa shape index (κ1) is 25.5. The number of nitrogens with two attached hydrogens (primary N) is 1. The molecule has 0 aliphatic carbocycles. The second kappa shape index (κ2) is 12.3. The maximum Gasteiger partial charge on any atom is 0.331 e. The van der Waals surface area contributed by atoms with E-state index in [0.717, 1.165) is 20.8 Å². The van der Waals surface area contributed by atoms with E-state index in [1.165, 1.54) is 17.4 Å². The number of thiazole rings is 1. The summed E-state index contributed by atoms with van der Waals surface area (Å²) >= 11 is 4.95. The zero-order chi connectivity index (χ0) is 23.0. The average molecular weight is 511 g/mol. The zero-order valence-electron chi connectivity index (χ0n) is 18.5. The molecule has 2 rings (SSSR count). The van der Waals surface area contributed by atoms with E-state index < -0.39 is 12.1 Å². The Morgan fingerprint density at radius 3 is 2.71 bits per heavy atom. The van der Waals surface area contributed by atoms with Crippen LogP contribution in [0.15, 0.2) is 39.7 Å². The number of carbonyl (C=O) groups excluding carboxylic acids is 2. The lowest BCUT2D eigenvalue weighted by molar-refractivity contribution is -0.148.